The van der Waals surface area contributed by atoms with E-state index >= 15 is 0 Å². The molecule has 2 N–H and O–H groups in total. The summed E-state index contributed by atoms with van der Waals surface area (Å²) >= 11 is 5.87. The van der Waals surface area contributed by atoms with Crippen LogP contribution in [0, 0.1) is 0 Å². The fourth-order valence-electron chi connectivity index (χ4n) is 2.90. The van der Waals surface area contributed by atoms with Crippen molar-refractivity contribution in [3.8, 4) is 0 Å². The van der Waals surface area contributed by atoms with Gasteiger partial charge in [0.2, 0.25) is 10.0 Å². The number of halogens is 1. The Hall–Kier alpha value is -0.890. The fraction of sp³-hybridized carbons (Fsp3) is 0.583. The fourth-order valence-corrected chi connectivity index (χ4v) is 4.57. The maximum atomic E-state index is 12.6. The number of pyridine rings is 1. The summed E-state index contributed by atoms with van der Waals surface area (Å²) in [6, 6.07) is 1.72. The quantitative estimate of drug-likeness (QED) is 0.872. The molecule has 0 aromatic carbocycles. The minimum atomic E-state index is -3.54. The number of sulfonamides is 1. The highest BCUT2D eigenvalue weighted by Gasteiger charge is 2.36. The lowest BCUT2D eigenvalue weighted by Gasteiger charge is -2.36. The van der Waals surface area contributed by atoms with Crippen molar-refractivity contribution in [1.29, 1.82) is 0 Å². The summed E-state index contributed by atoms with van der Waals surface area (Å²) in [7, 11) is -3.54. The van der Waals surface area contributed by atoms with E-state index in [9.17, 15) is 8.42 Å². The van der Waals surface area contributed by atoms with E-state index in [1.807, 2.05) is 0 Å². The Morgan fingerprint density at radius 3 is 2.90 bits per heavy atom. The second-order valence-electron chi connectivity index (χ2n) is 5.23. The van der Waals surface area contributed by atoms with E-state index in [2.05, 4.69) is 9.88 Å². The standard InChI is InChI=1S/C12H17ClN4O2S/c13-11-6-10(7-15-12(11)14)20(18,19)17-5-4-16-3-1-2-9(16)8-17/h6-7,9H,1-5,8H2,(H2,14,15). The van der Waals surface area contributed by atoms with E-state index in [1.165, 1.54) is 16.6 Å². The topological polar surface area (TPSA) is 79.5 Å². The molecule has 1 unspecified atom stereocenters. The van der Waals surface area contributed by atoms with Crippen molar-refractivity contribution in [2.75, 3.05) is 31.9 Å². The van der Waals surface area contributed by atoms with Gasteiger partial charge in [0, 0.05) is 31.9 Å². The number of nitrogens with two attached hydrogens (primary N) is 1. The molecule has 3 rings (SSSR count). The van der Waals surface area contributed by atoms with E-state index in [0.717, 1.165) is 25.9 Å². The maximum Gasteiger partial charge on any atom is 0.244 e. The van der Waals surface area contributed by atoms with Gasteiger partial charge in [-0.25, -0.2) is 13.4 Å². The Kier molecular flexibility index (Phi) is 3.62. The summed E-state index contributed by atoms with van der Waals surface area (Å²) in [5, 5.41) is 0.172. The van der Waals surface area contributed by atoms with Crippen LogP contribution in [0.2, 0.25) is 5.02 Å². The summed E-state index contributed by atoms with van der Waals surface area (Å²) in [6.45, 7) is 2.93. The normalized spacial score (nSPS) is 24.8. The van der Waals surface area contributed by atoms with Crippen molar-refractivity contribution in [2.45, 2.75) is 23.8 Å². The van der Waals surface area contributed by atoms with Crippen LogP contribution in [-0.4, -0.2) is 54.8 Å². The van der Waals surface area contributed by atoms with Gasteiger partial charge in [-0.1, -0.05) is 11.6 Å². The number of fused-ring (bicyclic) bond motifs is 1. The zero-order chi connectivity index (χ0) is 14.3. The van der Waals surface area contributed by atoms with E-state index < -0.39 is 10.0 Å². The number of anilines is 1. The van der Waals surface area contributed by atoms with Crippen LogP contribution in [0.4, 0.5) is 5.82 Å². The largest absolute Gasteiger partial charge is 0.382 e. The van der Waals surface area contributed by atoms with Crippen molar-refractivity contribution in [3.63, 3.8) is 0 Å². The Morgan fingerprint density at radius 2 is 2.15 bits per heavy atom. The number of nitrogens with zero attached hydrogens (tertiary/aromatic N) is 3. The van der Waals surface area contributed by atoms with Gasteiger partial charge in [0.25, 0.3) is 0 Å². The Labute approximate surface area is 123 Å². The molecule has 8 heteroatoms. The summed E-state index contributed by atoms with van der Waals surface area (Å²) in [6.07, 6.45) is 3.48. The number of nitrogen functional groups attached to an aromatic ring is 1. The third-order valence-electron chi connectivity index (χ3n) is 4.03. The summed E-state index contributed by atoms with van der Waals surface area (Å²) in [5.74, 6) is 0.145. The van der Waals surface area contributed by atoms with Gasteiger partial charge in [-0.15, -0.1) is 0 Å². The predicted octanol–water partition coefficient (Wildman–Crippen LogP) is 0.786. The monoisotopic (exact) mass is 316 g/mol. The summed E-state index contributed by atoms with van der Waals surface area (Å²) in [5.41, 5.74) is 5.52. The minimum Gasteiger partial charge on any atom is -0.382 e. The Balaban J connectivity index is 1.86. The summed E-state index contributed by atoms with van der Waals surface area (Å²) < 4.78 is 26.7. The molecule has 0 aliphatic carbocycles. The van der Waals surface area contributed by atoms with Crippen LogP contribution >= 0.6 is 11.6 Å². The first-order valence-corrected chi connectivity index (χ1v) is 8.45. The second kappa shape index (κ2) is 5.14. The van der Waals surface area contributed by atoms with Gasteiger partial charge in [-0.3, -0.25) is 4.90 Å². The molecule has 2 aliphatic rings. The van der Waals surface area contributed by atoms with Crippen molar-refractivity contribution >= 4 is 27.4 Å². The van der Waals surface area contributed by atoms with Gasteiger partial charge in [0.1, 0.15) is 10.7 Å². The number of hydrogen-bond donors (Lipinski definition) is 1. The molecule has 20 heavy (non-hydrogen) atoms. The molecule has 1 aromatic heterocycles. The second-order valence-corrected chi connectivity index (χ2v) is 7.58. The van der Waals surface area contributed by atoms with Crippen molar-refractivity contribution < 1.29 is 8.42 Å². The molecule has 110 valence electrons. The van der Waals surface area contributed by atoms with Gasteiger partial charge in [0.15, 0.2) is 0 Å². The molecule has 2 aliphatic heterocycles. The van der Waals surface area contributed by atoms with Crippen LogP contribution in [0.15, 0.2) is 17.2 Å². The van der Waals surface area contributed by atoms with E-state index in [4.69, 9.17) is 17.3 Å². The van der Waals surface area contributed by atoms with Crippen molar-refractivity contribution in [3.05, 3.63) is 17.3 Å². The molecule has 0 bridgehead atoms. The molecule has 0 saturated carbocycles. The highest BCUT2D eigenvalue weighted by molar-refractivity contribution is 7.89. The van der Waals surface area contributed by atoms with Crippen molar-refractivity contribution in [1.82, 2.24) is 14.2 Å². The van der Waals surface area contributed by atoms with Gasteiger partial charge < -0.3 is 5.73 Å². The van der Waals surface area contributed by atoms with E-state index in [-0.39, 0.29) is 15.7 Å². The van der Waals surface area contributed by atoms with Gasteiger partial charge in [-0.2, -0.15) is 4.31 Å². The zero-order valence-corrected chi connectivity index (χ0v) is 12.6. The smallest absolute Gasteiger partial charge is 0.244 e. The number of aromatic nitrogens is 1. The average Bonchev–Trinajstić information content (AvgIpc) is 2.89. The third-order valence-corrected chi connectivity index (χ3v) is 6.17. The molecule has 2 saturated heterocycles. The summed E-state index contributed by atoms with van der Waals surface area (Å²) in [4.78, 5) is 6.31. The number of piperazine rings is 1. The molecule has 3 heterocycles. The Morgan fingerprint density at radius 1 is 1.35 bits per heavy atom. The van der Waals surface area contributed by atoms with Crippen LogP contribution in [-0.2, 0) is 10.0 Å². The molecular weight excluding hydrogens is 300 g/mol. The first kappa shape index (κ1) is 14.1. The molecular formula is C12H17ClN4O2S. The van der Waals surface area contributed by atoms with Gasteiger partial charge in [0.05, 0.1) is 5.02 Å². The molecule has 1 atom stereocenters. The SMILES string of the molecule is Nc1ncc(S(=O)(=O)N2CCN3CCCC3C2)cc1Cl. The molecule has 0 radical (unpaired) electrons. The van der Waals surface area contributed by atoms with Crippen LogP contribution in [0.1, 0.15) is 12.8 Å². The predicted molar refractivity (Wildman–Crippen MR) is 77.0 cm³/mol. The van der Waals surface area contributed by atoms with Gasteiger partial charge >= 0.3 is 0 Å². The molecule has 2 fully saturated rings. The van der Waals surface area contributed by atoms with Crippen LogP contribution in [0.3, 0.4) is 0 Å². The Bertz CT molecular complexity index is 622. The lowest BCUT2D eigenvalue weighted by molar-refractivity contribution is 0.158. The maximum absolute atomic E-state index is 12.6. The first-order chi connectivity index (χ1) is 9.48. The van der Waals surface area contributed by atoms with Gasteiger partial charge in [-0.05, 0) is 25.5 Å². The first-order valence-electron chi connectivity index (χ1n) is 6.64. The molecule has 6 nitrogen and oxygen atoms in total. The van der Waals surface area contributed by atoms with Crippen molar-refractivity contribution in [2.24, 2.45) is 0 Å². The molecule has 0 spiro atoms. The lowest BCUT2D eigenvalue weighted by atomic mass is 10.2. The van der Waals surface area contributed by atoms with E-state index in [1.54, 1.807) is 0 Å². The van der Waals surface area contributed by atoms with Crippen LogP contribution in [0.25, 0.3) is 0 Å². The van der Waals surface area contributed by atoms with E-state index in [0.29, 0.717) is 19.1 Å². The average molecular weight is 317 g/mol. The molecule has 0 amide bonds. The molecule has 1 aromatic rings. The highest BCUT2D eigenvalue weighted by atomic mass is 35.5. The lowest BCUT2D eigenvalue weighted by Crippen LogP contribution is -2.51. The number of hydrogen-bond acceptors (Lipinski definition) is 5. The zero-order valence-electron chi connectivity index (χ0n) is 11.0. The van der Waals surface area contributed by atoms with Crippen LogP contribution in [0.5, 0.6) is 0 Å². The highest BCUT2D eigenvalue weighted by Crippen LogP contribution is 2.27. The third kappa shape index (κ3) is 2.39. The van der Waals surface area contributed by atoms with Crippen LogP contribution < -0.4 is 5.73 Å². The minimum absolute atomic E-state index is 0.114. The number of rotatable bonds is 2.